The van der Waals surface area contributed by atoms with Gasteiger partial charge in [0.2, 0.25) is 5.43 Å². The van der Waals surface area contributed by atoms with E-state index >= 15 is 4.39 Å². The number of pyridine rings is 1. The molecule has 1 saturated carbocycles. The average molecular weight is 441 g/mol. The number of nitrogens with zero attached hydrogens (tertiary/aromatic N) is 1. The number of carbonyl (C=O) groups excluding carboxylic acids is 1. The van der Waals surface area contributed by atoms with E-state index in [2.05, 4.69) is 6.07 Å². The fourth-order valence-electron chi connectivity index (χ4n) is 4.70. The number of hydrogen-bond acceptors (Lipinski definition) is 5. The van der Waals surface area contributed by atoms with E-state index in [1.165, 1.54) is 11.6 Å². The van der Waals surface area contributed by atoms with Crippen LogP contribution in [0.4, 0.5) is 4.39 Å². The van der Waals surface area contributed by atoms with E-state index in [9.17, 15) is 9.59 Å². The Morgan fingerprint density at radius 1 is 1.32 bits per heavy atom. The molecule has 5 nitrogen and oxygen atoms in total. The summed E-state index contributed by atoms with van der Waals surface area (Å²) in [6.07, 6.45) is 6.49. The second-order valence-electron chi connectivity index (χ2n) is 8.48. The van der Waals surface area contributed by atoms with Gasteiger partial charge in [-0.1, -0.05) is 0 Å². The van der Waals surface area contributed by atoms with E-state index in [1.807, 2.05) is 11.5 Å². The minimum absolute atomic E-state index is 0.00287. The summed E-state index contributed by atoms with van der Waals surface area (Å²) in [4.78, 5) is 27.5. The third-order valence-corrected chi connectivity index (χ3v) is 7.66. The maximum Gasteiger partial charge on any atom is 0.343 e. The van der Waals surface area contributed by atoms with Crippen LogP contribution in [0.3, 0.4) is 0 Å². The lowest BCUT2D eigenvalue weighted by atomic mass is 9.94. The van der Waals surface area contributed by atoms with Gasteiger partial charge in [0.05, 0.1) is 12.1 Å². The number of aryl methyl sites for hydroxylation is 2. The number of fused-ring (bicyclic) bond motifs is 2. The molecule has 1 fully saturated rings. The Morgan fingerprint density at radius 3 is 2.77 bits per heavy atom. The van der Waals surface area contributed by atoms with Crippen molar-refractivity contribution in [2.75, 3.05) is 6.61 Å². The van der Waals surface area contributed by atoms with Crippen molar-refractivity contribution < 1.29 is 13.9 Å². The monoisotopic (exact) mass is 440 g/mol. The third kappa shape index (κ3) is 3.31. The van der Waals surface area contributed by atoms with Crippen molar-refractivity contribution in [2.45, 2.75) is 58.0 Å². The Morgan fingerprint density at radius 2 is 2.10 bits per heavy atom. The predicted octanol–water partition coefficient (Wildman–Crippen LogP) is 5.03. The highest BCUT2D eigenvalue weighted by atomic mass is 32.1. The minimum Gasteiger partial charge on any atom is -0.462 e. The van der Waals surface area contributed by atoms with E-state index in [-0.39, 0.29) is 29.6 Å². The molecule has 0 aliphatic heterocycles. The number of benzene rings is 1. The molecule has 31 heavy (non-hydrogen) atoms. The Hall–Kier alpha value is -2.51. The fourth-order valence-corrected chi connectivity index (χ4v) is 6.05. The van der Waals surface area contributed by atoms with Gasteiger partial charge in [-0.05, 0) is 69.2 Å². The number of carbonyl (C=O) groups is 1. The van der Waals surface area contributed by atoms with Gasteiger partial charge in [0.1, 0.15) is 11.4 Å². The van der Waals surface area contributed by atoms with Crippen molar-refractivity contribution in [3.8, 4) is 10.4 Å². The molecule has 2 aliphatic rings. The first-order chi connectivity index (χ1) is 14.9. The summed E-state index contributed by atoms with van der Waals surface area (Å²) in [5.41, 5.74) is 8.93. The zero-order valence-corrected chi connectivity index (χ0v) is 18.5. The lowest BCUT2D eigenvalue weighted by Crippen LogP contribution is -2.21. The van der Waals surface area contributed by atoms with Gasteiger partial charge in [-0.25, -0.2) is 9.18 Å². The highest BCUT2D eigenvalue weighted by Gasteiger charge is 2.30. The van der Waals surface area contributed by atoms with Crippen molar-refractivity contribution in [3.05, 3.63) is 55.9 Å². The molecule has 1 aromatic carbocycles. The molecule has 0 radical (unpaired) electrons. The molecule has 2 heterocycles. The molecule has 0 saturated heterocycles. The highest BCUT2D eigenvalue weighted by Crippen LogP contribution is 2.44. The van der Waals surface area contributed by atoms with Crippen LogP contribution in [0, 0.1) is 12.7 Å². The van der Waals surface area contributed by atoms with Crippen molar-refractivity contribution in [1.29, 1.82) is 0 Å². The summed E-state index contributed by atoms with van der Waals surface area (Å²) in [6, 6.07) is 3.56. The lowest BCUT2D eigenvalue weighted by molar-refractivity contribution is 0.0524. The van der Waals surface area contributed by atoms with Crippen LogP contribution in [0.1, 0.15) is 71.1 Å². The maximum atomic E-state index is 15.4. The van der Waals surface area contributed by atoms with Gasteiger partial charge in [-0.2, -0.15) is 0 Å². The molecule has 0 amide bonds. The summed E-state index contributed by atoms with van der Waals surface area (Å²) < 4.78 is 22.5. The zero-order chi connectivity index (χ0) is 21.9. The Balaban J connectivity index is 1.76. The standard InChI is InChI=1S/C24H25FN2O3S/c1-3-30-24(29)16-11-27(14-7-8-14)21-12(2)20(17(25)10-15(21)22(16)28)19-9-13-5-4-6-18(26)23(13)31-19/h9-11,14,18H,3-8,26H2,1-2H3. The first-order valence-corrected chi connectivity index (χ1v) is 11.7. The molecule has 7 heteroatoms. The molecule has 3 aromatic rings. The topological polar surface area (TPSA) is 74.3 Å². The van der Waals surface area contributed by atoms with Crippen LogP contribution >= 0.6 is 11.3 Å². The molecule has 1 unspecified atom stereocenters. The zero-order valence-electron chi connectivity index (χ0n) is 17.7. The van der Waals surface area contributed by atoms with Gasteiger partial charge in [0, 0.05) is 39.0 Å². The van der Waals surface area contributed by atoms with Crippen LogP contribution in [0.5, 0.6) is 0 Å². The second-order valence-corrected chi connectivity index (χ2v) is 9.57. The van der Waals surface area contributed by atoms with Crippen molar-refractivity contribution in [1.82, 2.24) is 4.57 Å². The summed E-state index contributed by atoms with van der Waals surface area (Å²) in [5.74, 6) is -1.11. The Bertz CT molecular complexity index is 1270. The molecular weight excluding hydrogens is 415 g/mol. The Kier molecular flexibility index (Phi) is 4.98. The van der Waals surface area contributed by atoms with Crippen LogP contribution in [0.15, 0.2) is 23.1 Å². The van der Waals surface area contributed by atoms with Crippen molar-refractivity contribution >= 4 is 28.2 Å². The normalized spacial score (nSPS) is 18.3. The molecular formula is C24H25FN2O3S. The molecule has 162 valence electrons. The van der Waals surface area contributed by atoms with Crippen LogP contribution < -0.4 is 11.2 Å². The molecule has 1 atom stereocenters. The average Bonchev–Trinajstić information content (AvgIpc) is 3.48. The second kappa shape index (κ2) is 7.57. The maximum absolute atomic E-state index is 15.4. The summed E-state index contributed by atoms with van der Waals surface area (Å²) in [5, 5.41) is 0.231. The first-order valence-electron chi connectivity index (χ1n) is 10.8. The smallest absolute Gasteiger partial charge is 0.343 e. The van der Waals surface area contributed by atoms with Gasteiger partial charge in [-0.3, -0.25) is 4.79 Å². The van der Waals surface area contributed by atoms with Gasteiger partial charge >= 0.3 is 5.97 Å². The first kappa shape index (κ1) is 20.4. The quantitative estimate of drug-likeness (QED) is 0.578. The molecule has 0 bridgehead atoms. The number of esters is 1. The van der Waals surface area contributed by atoms with Crippen LogP contribution in [-0.4, -0.2) is 17.1 Å². The Labute approximate surface area is 183 Å². The molecule has 0 spiro atoms. The van der Waals surface area contributed by atoms with Crippen LogP contribution in [-0.2, 0) is 11.2 Å². The van der Waals surface area contributed by atoms with E-state index in [1.54, 1.807) is 24.5 Å². The number of ether oxygens (including phenoxy) is 1. The fraction of sp³-hybridized carbons (Fsp3) is 0.417. The number of hydrogen-bond donors (Lipinski definition) is 1. The predicted molar refractivity (Wildman–Crippen MR) is 120 cm³/mol. The van der Waals surface area contributed by atoms with Gasteiger partial charge in [0.15, 0.2) is 0 Å². The van der Waals surface area contributed by atoms with Crippen molar-refractivity contribution in [2.24, 2.45) is 5.73 Å². The van der Waals surface area contributed by atoms with Crippen molar-refractivity contribution in [3.63, 3.8) is 0 Å². The summed E-state index contributed by atoms with van der Waals surface area (Å²) >= 11 is 1.56. The van der Waals surface area contributed by atoms with E-state index in [0.29, 0.717) is 11.1 Å². The SMILES string of the molecule is CCOC(=O)c1cn(C2CC2)c2c(C)c(-c3cc4c(s3)C(N)CCC4)c(F)cc2c1=O. The van der Waals surface area contributed by atoms with Crippen LogP contribution in [0.25, 0.3) is 21.3 Å². The molecule has 2 aromatic heterocycles. The molecule has 2 N–H and O–H groups in total. The van der Waals surface area contributed by atoms with Gasteiger partial charge in [0.25, 0.3) is 0 Å². The number of thiophene rings is 1. The number of rotatable bonds is 4. The lowest BCUT2D eigenvalue weighted by Gasteiger charge is -2.17. The van der Waals surface area contributed by atoms with E-state index in [4.69, 9.17) is 10.5 Å². The number of nitrogens with two attached hydrogens (primary N) is 1. The summed E-state index contributed by atoms with van der Waals surface area (Å²) in [7, 11) is 0. The number of halogens is 1. The summed E-state index contributed by atoms with van der Waals surface area (Å²) in [6.45, 7) is 3.74. The van der Waals surface area contributed by atoms with Gasteiger partial charge in [-0.15, -0.1) is 11.3 Å². The van der Waals surface area contributed by atoms with E-state index in [0.717, 1.165) is 47.4 Å². The number of aromatic nitrogens is 1. The largest absolute Gasteiger partial charge is 0.462 e. The minimum atomic E-state index is -0.661. The van der Waals surface area contributed by atoms with E-state index < -0.39 is 17.2 Å². The molecule has 2 aliphatic carbocycles. The third-order valence-electron chi connectivity index (χ3n) is 6.33. The molecule has 5 rings (SSSR count). The van der Waals surface area contributed by atoms with Crippen LogP contribution in [0.2, 0.25) is 0 Å². The van der Waals surface area contributed by atoms with Gasteiger partial charge < -0.3 is 15.0 Å². The highest BCUT2D eigenvalue weighted by molar-refractivity contribution is 7.15.